The Morgan fingerprint density at radius 2 is 1.65 bits per heavy atom. The first-order chi connectivity index (χ1) is 16.5. The van der Waals surface area contributed by atoms with Crippen LogP contribution in [0.4, 0.5) is 0 Å². The van der Waals surface area contributed by atoms with Gasteiger partial charge in [-0.1, -0.05) is 61.3 Å². The summed E-state index contributed by atoms with van der Waals surface area (Å²) in [4.78, 5) is 34.1. The fourth-order valence-corrected chi connectivity index (χ4v) is 4.53. The first-order valence-electron chi connectivity index (χ1n) is 11.3. The molecule has 0 N–H and O–H groups in total. The maximum atomic E-state index is 13.7. The first-order valence-corrected chi connectivity index (χ1v) is 12.0. The largest absolute Gasteiger partial charge is 0.328 e. The molecule has 1 heterocycles. The van der Waals surface area contributed by atoms with Crippen LogP contribution in [0.15, 0.2) is 77.6 Å². The normalized spacial score (nSPS) is 12.0. The van der Waals surface area contributed by atoms with Crippen molar-refractivity contribution < 1.29 is 4.79 Å². The Kier molecular flexibility index (Phi) is 7.35. The Balaban J connectivity index is 1.95. The number of para-hydroxylation sites is 1. The number of rotatable bonds is 7. The van der Waals surface area contributed by atoms with Gasteiger partial charge in [-0.3, -0.25) is 14.2 Å². The lowest BCUT2D eigenvalue weighted by Crippen LogP contribution is -2.39. The van der Waals surface area contributed by atoms with Gasteiger partial charge in [0, 0.05) is 11.6 Å². The third-order valence-electron chi connectivity index (χ3n) is 5.78. The SMILES string of the molecule is CCCN(C(=O)c1ccccc1Cl)C(CC)c1nc2ccccc2c(=O)n1-c1ccc(Cl)cc1. The lowest BCUT2D eigenvalue weighted by molar-refractivity contribution is 0.0659. The van der Waals surface area contributed by atoms with Gasteiger partial charge in [-0.2, -0.15) is 0 Å². The molecule has 0 spiro atoms. The highest BCUT2D eigenvalue weighted by Crippen LogP contribution is 2.29. The molecule has 4 aromatic rings. The number of benzene rings is 3. The van der Waals surface area contributed by atoms with E-state index in [2.05, 4.69) is 0 Å². The molecule has 0 fully saturated rings. The number of aromatic nitrogens is 2. The second-order valence-corrected chi connectivity index (χ2v) is 8.85. The summed E-state index contributed by atoms with van der Waals surface area (Å²) < 4.78 is 1.59. The molecule has 0 radical (unpaired) electrons. The molecule has 0 saturated heterocycles. The summed E-state index contributed by atoms with van der Waals surface area (Å²) in [7, 11) is 0. The van der Waals surface area contributed by atoms with Gasteiger partial charge in [-0.15, -0.1) is 0 Å². The Morgan fingerprint density at radius 3 is 2.32 bits per heavy atom. The quantitative estimate of drug-likeness (QED) is 0.288. The van der Waals surface area contributed by atoms with E-state index in [-0.39, 0.29) is 11.5 Å². The molecule has 3 aromatic carbocycles. The van der Waals surface area contributed by atoms with E-state index in [1.807, 2.05) is 32.0 Å². The highest BCUT2D eigenvalue weighted by molar-refractivity contribution is 6.33. The number of amides is 1. The minimum atomic E-state index is -0.447. The van der Waals surface area contributed by atoms with Gasteiger partial charge in [0.05, 0.1) is 33.2 Å². The fourth-order valence-electron chi connectivity index (χ4n) is 4.18. The van der Waals surface area contributed by atoms with Crippen molar-refractivity contribution in [3.8, 4) is 5.69 Å². The molecule has 0 aliphatic carbocycles. The summed E-state index contributed by atoms with van der Waals surface area (Å²) >= 11 is 12.5. The van der Waals surface area contributed by atoms with Crippen molar-refractivity contribution in [3.05, 3.63) is 105 Å². The standard InChI is InChI=1S/C27H25Cl2N3O2/c1-3-17-31(26(33)20-9-5-7-11-22(20)29)24(4-2)25-30-23-12-8-6-10-21(23)27(34)32(25)19-15-13-18(28)14-16-19/h5-16,24H,3-4,17H2,1-2H3. The number of halogens is 2. The van der Waals surface area contributed by atoms with Crippen LogP contribution < -0.4 is 5.56 Å². The molecule has 1 aromatic heterocycles. The molecule has 0 bridgehead atoms. The van der Waals surface area contributed by atoms with E-state index in [1.54, 1.807) is 64.1 Å². The van der Waals surface area contributed by atoms with Crippen molar-refractivity contribution in [2.75, 3.05) is 6.54 Å². The molecule has 0 aliphatic rings. The summed E-state index contributed by atoms with van der Waals surface area (Å²) in [6.07, 6.45) is 1.31. The van der Waals surface area contributed by atoms with E-state index in [0.29, 0.717) is 51.0 Å². The van der Waals surface area contributed by atoms with E-state index in [4.69, 9.17) is 28.2 Å². The molecule has 5 nitrogen and oxygen atoms in total. The molecule has 1 unspecified atom stereocenters. The molecule has 1 atom stereocenters. The van der Waals surface area contributed by atoms with Crippen molar-refractivity contribution in [2.45, 2.75) is 32.7 Å². The van der Waals surface area contributed by atoms with E-state index in [0.717, 1.165) is 6.42 Å². The predicted molar refractivity (Wildman–Crippen MR) is 138 cm³/mol. The summed E-state index contributed by atoms with van der Waals surface area (Å²) in [5, 5.41) is 1.47. The van der Waals surface area contributed by atoms with Crippen LogP contribution in [-0.4, -0.2) is 26.9 Å². The fraction of sp³-hybridized carbons (Fsp3) is 0.222. The van der Waals surface area contributed by atoms with Gasteiger partial charge in [-0.05, 0) is 61.4 Å². The lowest BCUT2D eigenvalue weighted by atomic mass is 10.1. The Hall–Kier alpha value is -3.15. The monoisotopic (exact) mass is 493 g/mol. The van der Waals surface area contributed by atoms with Crippen molar-refractivity contribution in [3.63, 3.8) is 0 Å². The second kappa shape index (κ2) is 10.4. The number of hydrogen-bond donors (Lipinski definition) is 0. The van der Waals surface area contributed by atoms with Crippen molar-refractivity contribution >= 4 is 40.0 Å². The third-order valence-corrected chi connectivity index (χ3v) is 6.36. The Bertz CT molecular complexity index is 1380. The first kappa shape index (κ1) is 24.0. The van der Waals surface area contributed by atoms with Crippen LogP contribution >= 0.6 is 23.2 Å². The number of carbonyl (C=O) groups is 1. The van der Waals surface area contributed by atoms with Crippen LogP contribution in [0.1, 0.15) is 48.9 Å². The van der Waals surface area contributed by atoms with E-state index in [1.165, 1.54) is 0 Å². The molecule has 7 heteroatoms. The topological polar surface area (TPSA) is 55.2 Å². The molecular formula is C27H25Cl2N3O2. The average Bonchev–Trinajstić information content (AvgIpc) is 2.85. The van der Waals surface area contributed by atoms with Gasteiger partial charge in [0.1, 0.15) is 5.82 Å². The van der Waals surface area contributed by atoms with Crippen LogP contribution in [0.2, 0.25) is 10.0 Å². The molecule has 34 heavy (non-hydrogen) atoms. The maximum Gasteiger partial charge on any atom is 0.266 e. The van der Waals surface area contributed by atoms with Crippen molar-refractivity contribution in [1.82, 2.24) is 14.5 Å². The van der Waals surface area contributed by atoms with Gasteiger partial charge in [-0.25, -0.2) is 4.98 Å². The number of carbonyl (C=O) groups excluding carboxylic acids is 1. The third kappa shape index (κ3) is 4.59. The van der Waals surface area contributed by atoms with Crippen LogP contribution in [0.25, 0.3) is 16.6 Å². The summed E-state index contributed by atoms with van der Waals surface area (Å²) in [6, 6.07) is 20.9. The number of hydrogen-bond acceptors (Lipinski definition) is 3. The van der Waals surface area contributed by atoms with Gasteiger partial charge in [0.2, 0.25) is 0 Å². The van der Waals surface area contributed by atoms with Crippen LogP contribution in [0, 0.1) is 0 Å². The molecule has 4 rings (SSSR count). The van der Waals surface area contributed by atoms with Crippen molar-refractivity contribution in [1.29, 1.82) is 0 Å². The maximum absolute atomic E-state index is 13.7. The molecule has 1 amide bonds. The second-order valence-electron chi connectivity index (χ2n) is 8.01. The summed E-state index contributed by atoms with van der Waals surface area (Å²) in [5.41, 5.74) is 1.47. The van der Waals surface area contributed by atoms with Gasteiger partial charge in [0.15, 0.2) is 0 Å². The minimum Gasteiger partial charge on any atom is -0.328 e. The minimum absolute atomic E-state index is 0.190. The predicted octanol–water partition coefficient (Wildman–Crippen LogP) is 6.70. The van der Waals surface area contributed by atoms with Gasteiger partial charge < -0.3 is 4.90 Å². The highest BCUT2D eigenvalue weighted by atomic mass is 35.5. The molecule has 0 saturated carbocycles. The smallest absolute Gasteiger partial charge is 0.266 e. The number of nitrogens with zero attached hydrogens (tertiary/aromatic N) is 3. The van der Waals surface area contributed by atoms with E-state index >= 15 is 0 Å². The van der Waals surface area contributed by atoms with Gasteiger partial charge in [0.25, 0.3) is 11.5 Å². The van der Waals surface area contributed by atoms with E-state index in [9.17, 15) is 9.59 Å². The molecule has 174 valence electrons. The average molecular weight is 494 g/mol. The molecule has 0 aliphatic heterocycles. The lowest BCUT2D eigenvalue weighted by Gasteiger charge is -2.32. The number of fused-ring (bicyclic) bond motifs is 1. The van der Waals surface area contributed by atoms with Crippen molar-refractivity contribution in [2.24, 2.45) is 0 Å². The van der Waals surface area contributed by atoms with Gasteiger partial charge >= 0.3 is 0 Å². The highest BCUT2D eigenvalue weighted by Gasteiger charge is 2.30. The van der Waals surface area contributed by atoms with E-state index < -0.39 is 6.04 Å². The zero-order chi connectivity index (χ0) is 24.2. The Labute approximate surface area is 208 Å². The van der Waals surface area contributed by atoms with Crippen LogP contribution in [-0.2, 0) is 0 Å². The zero-order valence-electron chi connectivity index (χ0n) is 19.0. The zero-order valence-corrected chi connectivity index (χ0v) is 20.6. The van der Waals surface area contributed by atoms with Crippen LogP contribution in [0.5, 0.6) is 0 Å². The van der Waals surface area contributed by atoms with Crippen LogP contribution in [0.3, 0.4) is 0 Å². The summed E-state index contributed by atoms with van der Waals surface area (Å²) in [6.45, 7) is 4.49. The summed E-state index contributed by atoms with van der Waals surface area (Å²) in [5.74, 6) is 0.312. The Morgan fingerprint density at radius 1 is 0.971 bits per heavy atom. The molecular weight excluding hydrogens is 469 g/mol.